The third-order valence-electron chi connectivity index (χ3n) is 5.68. The van der Waals surface area contributed by atoms with Crippen molar-refractivity contribution < 1.29 is 24.2 Å². The number of amides is 1. The van der Waals surface area contributed by atoms with Gasteiger partial charge in [0.15, 0.2) is 0 Å². The largest absolute Gasteiger partial charge is 0.507 e. The number of methoxy groups -OCH3 is 2. The van der Waals surface area contributed by atoms with E-state index in [1.807, 2.05) is 18.2 Å². The minimum atomic E-state index is -0.870. The molecule has 3 aromatic carbocycles. The van der Waals surface area contributed by atoms with Crippen LogP contribution in [0.4, 0.5) is 0 Å². The van der Waals surface area contributed by atoms with Crippen LogP contribution in [0.3, 0.4) is 0 Å². The Labute approximate surface area is 206 Å². The molecule has 174 valence electrons. The summed E-state index contributed by atoms with van der Waals surface area (Å²) in [6.45, 7) is 0.0886. The van der Waals surface area contributed by atoms with Gasteiger partial charge in [0.05, 0.1) is 37.9 Å². The highest BCUT2D eigenvalue weighted by atomic mass is 35.5. The second-order valence-electron chi connectivity index (χ2n) is 7.64. The van der Waals surface area contributed by atoms with E-state index in [0.29, 0.717) is 32.7 Å². The van der Waals surface area contributed by atoms with Gasteiger partial charge in [0.2, 0.25) is 0 Å². The Hall–Kier alpha value is -3.48. The quantitative estimate of drug-likeness (QED) is 0.271. The first kappa shape index (κ1) is 23.7. The Balaban J connectivity index is 1.91. The first-order chi connectivity index (χ1) is 16.3. The molecule has 0 aliphatic carbocycles. The maximum Gasteiger partial charge on any atom is 0.295 e. The van der Waals surface area contributed by atoms with E-state index in [0.717, 1.165) is 0 Å². The Morgan fingerprint density at radius 2 is 1.56 bits per heavy atom. The van der Waals surface area contributed by atoms with Crippen LogP contribution >= 0.6 is 23.2 Å². The van der Waals surface area contributed by atoms with Crippen LogP contribution in [-0.4, -0.2) is 35.9 Å². The molecular weight excluding hydrogens is 477 g/mol. The Morgan fingerprint density at radius 1 is 0.912 bits per heavy atom. The van der Waals surface area contributed by atoms with Crippen LogP contribution in [0.15, 0.2) is 72.3 Å². The molecule has 1 aliphatic heterocycles. The first-order valence-corrected chi connectivity index (χ1v) is 11.1. The van der Waals surface area contributed by atoms with Crippen LogP contribution in [-0.2, 0) is 16.1 Å². The SMILES string of the molecule is COc1ccccc1CN1C(=O)C(=O)/C(=C(/O)c2cc(Cl)ccc2OC)C1c1ccc(Cl)cc1. The Kier molecular flexibility index (Phi) is 6.82. The molecule has 1 heterocycles. The molecule has 1 atom stereocenters. The van der Waals surface area contributed by atoms with E-state index in [4.69, 9.17) is 32.7 Å². The van der Waals surface area contributed by atoms with Gasteiger partial charge in [0.1, 0.15) is 17.3 Å². The second kappa shape index (κ2) is 9.79. The van der Waals surface area contributed by atoms with Gasteiger partial charge in [-0.05, 0) is 42.0 Å². The predicted molar refractivity (Wildman–Crippen MR) is 130 cm³/mol. The molecule has 3 aromatic rings. The number of nitrogens with zero attached hydrogens (tertiary/aromatic N) is 1. The molecule has 1 amide bonds. The summed E-state index contributed by atoms with van der Waals surface area (Å²) < 4.78 is 10.8. The smallest absolute Gasteiger partial charge is 0.295 e. The average molecular weight is 498 g/mol. The van der Waals surface area contributed by atoms with Crippen molar-refractivity contribution in [1.82, 2.24) is 4.90 Å². The number of rotatable bonds is 6. The highest BCUT2D eigenvalue weighted by molar-refractivity contribution is 6.46. The Bertz CT molecular complexity index is 1290. The lowest BCUT2D eigenvalue weighted by atomic mass is 9.95. The maximum absolute atomic E-state index is 13.3. The van der Waals surface area contributed by atoms with Crippen molar-refractivity contribution in [3.05, 3.63) is 99.0 Å². The van der Waals surface area contributed by atoms with Crippen molar-refractivity contribution in [1.29, 1.82) is 0 Å². The van der Waals surface area contributed by atoms with E-state index in [1.54, 1.807) is 42.5 Å². The molecule has 0 bridgehead atoms. The summed E-state index contributed by atoms with van der Waals surface area (Å²) in [6, 6.07) is 17.8. The predicted octanol–water partition coefficient (Wildman–Crippen LogP) is 5.63. The molecule has 1 saturated heterocycles. The zero-order valence-electron chi connectivity index (χ0n) is 18.4. The summed E-state index contributed by atoms with van der Waals surface area (Å²) >= 11 is 12.2. The summed E-state index contributed by atoms with van der Waals surface area (Å²) in [5, 5.41) is 12.1. The van der Waals surface area contributed by atoms with Gasteiger partial charge in [0, 0.05) is 15.6 Å². The lowest BCUT2D eigenvalue weighted by molar-refractivity contribution is -0.140. The van der Waals surface area contributed by atoms with Gasteiger partial charge >= 0.3 is 0 Å². The molecule has 1 aliphatic rings. The second-order valence-corrected chi connectivity index (χ2v) is 8.51. The third kappa shape index (κ3) is 4.34. The molecule has 1 unspecified atom stereocenters. The van der Waals surface area contributed by atoms with Crippen molar-refractivity contribution in [3.63, 3.8) is 0 Å². The van der Waals surface area contributed by atoms with Gasteiger partial charge in [-0.1, -0.05) is 53.5 Å². The molecule has 6 nitrogen and oxygen atoms in total. The fraction of sp³-hybridized carbons (Fsp3) is 0.154. The minimum absolute atomic E-state index is 0.0669. The number of halogens is 2. The number of para-hydroxylation sites is 1. The summed E-state index contributed by atoms with van der Waals surface area (Å²) in [6.07, 6.45) is 0. The number of Topliss-reactive ketones (excluding diaryl/α,β-unsaturated/α-hetero) is 1. The third-order valence-corrected chi connectivity index (χ3v) is 6.16. The number of hydrogen-bond donors (Lipinski definition) is 1. The van der Waals surface area contributed by atoms with E-state index in [2.05, 4.69) is 0 Å². The fourth-order valence-electron chi connectivity index (χ4n) is 4.06. The number of aliphatic hydroxyl groups excluding tert-OH is 1. The van der Waals surface area contributed by atoms with Crippen LogP contribution in [0.1, 0.15) is 22.7 Å². The number of benzene rings is 3. The molecule has 0 aromatic heterocycles. The molecule has 34 heavy (non-hydrogen) atoms. The van der Waals surface area contributed by atoms with E-state index in [1.165, 1.54) is 25.2 Å². The number of likely N-dealkylation sites (tertiary alicyclic amines) is 1. The minimum Gasteiger partial charge on any atom is -0.507 e. The van der Waals surface area contributed by atoms with E-state index < -0.39 is 17.7 Å². The van der Waals surface area contributed by atoms with Crippen molar-refractivity contribution in [3.8, 4) is 11.5 Å². The van der Waals surface area contributed by atoms with Gasteiger partial charge in [-0.2, -0.15) is 0 Å². The van der Waals surface area contributed by atoms with Crippen LogP contribution in [0.5, 0.6) is 11.5 Å². The topological polar surface area (TPSA) is 76.1 Å². The molecule has 4 rings (SSSR count). The number of aliphatic hydroxyl groups is 1. The first-order valence-electron chi connectivity index (χ1n) is 10.4. The summed E-state index contributed by atoms with van der Waals surface area (Å²) in [5.41, 5.74) is 1.47. The average Bonchev–Trinajstić information content (AvgIpc) is 3.09. The van der Waals surface area contributed by atoms with Crippen molar-refractivity contribution >= 4 is 40.7 Å². The zero-order valence-corrected chi connectivity index (χ0v) is 19.9. The van der Waals surface area contributed by atoms with E-state index >= 15 is 0 Å². The van der Waals surface area contributed by atoms with Gasteiger partial charge < -0.3 is 19.5 Å². The van der Waals surface area contributed by atoms with Crippen LogP contribution in [0.2, 0.25) is 10.0 Å². The van der Waals surface area contributed by atoms with Crippen LogP contribution in [0.25, 0.3) is 5.76 Å². The van der Waals surface area contributed by atoms with E-state index in [-0.39, 0.29) is 23.4 Å². The standard InChI is InChI=1S/C26H21Cl2NO5/c1-33-20-6-4-3-5-16(20)14-29-23(15-7-9-17(27)10-8-15)22(25(31)26(29)32)24(30)19-13-18(28)11-12-21(19)34-2/h3-13,23,30H,14H2,1-2H3/b24-22+. The van der Waals surface area contributed by atoms with Crippen LogP contribution < -0.4 is 9.47 Å². The van der Waals surface area contributed by atoms with Crippen LogP contribution in [0, 0.1) is 0 Å². The van der Waals surface area contributed by atoms with Crippen molar-refractivity contribution in [2.45, 2.75) is 12.6 Å². The summed E-state index contributed by atoms with van der Waals surface area (Å²) in [5.74, 6) is -1.04. The number of carbonyl (C=O) groups is 2. The van der Waals surface area contributed by atoms with Gasteiger partial charge in [-0.3, -0.25) is 9.59 Å². The van der Waals surface area contributed by atoms with Gasteiger partial charge in [-0.15, -0.1) is 0 Å². The summed E-state index contributed by atoms with van der Waals surface area (Å²) in [4.78, 5) is 27.9. The lowest BCUT2D eigenvalue weighted by Gasteiger charge is -2.26. The fourth-order valence-corrected chi connectivity index (χ4v) is 4.36. The van der Waals surface area contributed by atoms with Crippen molar-refractivity contribution in [2.75, 3.05) is 14.2 Å². The van der Waals surface area contributed by atoms with E-state index in [9.17, 15) is 14.7 Å². The highest BCUT2D eigenvalue weighted by Gasteiger charge is 2.46. The molecule has 1 N–H and O–H groups in total. The molecule has 1 fully saturated rings. The monoisotopic (exact) mass is 497 g/mol. The highest BCUT2D eigenvalue weighted by Crippen LogP contribution is 2.42. The number of hydrogen-bond acceptors (Lipinski definition) is 5. The molecule has 8 heteroatoms. The zero-order chi connectivity index (χ0) is 24.4. The summed E-state index contributed by atoms with van der Waals surface area (Å²) in [7, 11) is 2.98. The molecule has 0 spiro atoms. The molecule has 0 saturated carbocycles. The number of carbonyl (C=O) groups excluding carboxylic acids is 2. The van der Waals surface area contributed by atoms with Crippen molar-refractivity contribution in [2.24, 2.45) is 0 Å². The number of ketones is 1. The Morgan fingerprint density at radius 3 is 2.24 bits per heavy atom. The van der Waals surface area contributed by atoms with Gasteiger partial charge in [-0.25, -0.2) is 0 Å². The lowest BCUT2D eigenvalue weighted by Crippen LogP contribution is -2.29. The van der Waals surface area contributed by atoms with Gasteiger partial charge in [0.25, 0.3) is 11.7 Å². The molecular formula is C26H21Cl2NO5. The molecule has 0 radical (unpaired) electrons. The number of ether oxygens (including phenoxy) is 2. The normalized spacial score (nSPS) is 17.2. The maximum atomic E-state index is 13.3.